The lowest BCUT2D eigenvalue weighted by Gasteiger charge is -2.29. The molecule has 2 atom stereocenters. The highest BCUT2D eigenvalue weighted by Crippen LogP contribution is 2.39. The first kappa shape index (κ1) is 23.1. The molecule has 1 aliphatic carbocycles. The molecule has 1 saturated carbocycles. The highest BCUT2D eigenvalue weighted by Gasteiger charge is 2.38. The Kier molecular flexibility index (Phi) is 8.69. The van der Waals surface area contributed by atoms with Crippen molar-refractivity contribution in [1.29, 1.82) is 0 Å². The van der Waals surface area contributed by atoms with E-state index in [0.717, 1.165) is 30.6 Å². The topological polar surface area (TPSA) is 52.6 Å². The van der Waals surface area contributed by atoms with Gasteiger partial charge in [0.1, 0.15) is 11.7 Å². The average molecular weight is 423 g/mol. The normalized spacial score (nSPS) is 16.7. The summed E-state index contributed by atoms with van der Waals surface area (Å²) >= 11 is 0. The van der Waals surface area contributed by atoms with Crippen molar-refractivity contribution in [1.82, 2.24) is 0 Å². The fraction of sp³-hybridized carbons (Fsp3) is 0.481. The summed E-state index contributed by atoms with van der Waals surface area (Å²) in [7, 11) is 1.64. The maximum absolute atomic E-state index is 13.6. The smallest absolute Gasteiger partial charge is 0.317 e. The summed E-state index contributed by atoms with van der Waals surface area (Å²) in [5, 5.41) is 0. The molecule has 0 N–H and O–H groups in total. The molecule has 1 aliphatic rings. The second kappa shape index (κ2) is 11.7. The van der Waals surface area contributed by atoms with Gasteiger partial charge in [-0.05, 0) is 37.0 Å². The number of esters is 1. The van der Waals surface area contributed by atoms with Crippen LogP contribution in [0, 0.1) is 11.8 Å². The Hall–Kier alpha value is -2.62. The summed E-state index contributed by atoms with van der Waals surface area (Å²) in [5.41, 5.74) is 1.55. The Bertz CT molecular complexity index is 820. The van der Waals surface area contributed by atoms with Crippen molar-refractivity contribution in [3.05, 3.63) is 65.7 Å². The van der Waals surface area contributed by atoms with Crippen LogP contribution in [0.2, 0.25) is 0 Å². The van der Waals surface area contributed by atoms with Crippen LogP contribution in [0.15, 0.2) is 54.6 Å². The van der Waals surface area contributed by atoms with Gasteiger partial charge < -0.3 is 9.47 Å². The molecule has 4 heteroatoms. The third-order valence-electron chi connectivity index (χ3n) is 6.39. The first-order chi connectivity index (χ1) is 15.1. The molecule has 0 saturated heterocycles. The zero-order valence-corrected chi connectivity index (χ0v) is 18.7. The van der Waals surface area contributed by atoms with E-state index >= 15 is 0 Å². The van der Waals surface area contributed by atoms with E-state index in [1.54, 1.807) is 26.2 Å². The average Bonchev–Trinajstić information content (AvgIpc) is 3.08. The molecule has 0 bridgehead atoms. The minimum Gasteiger partial charge on any atom is -0.497 e. The summed E-state index contributed by atoms with van der Waals surface area (Å²) in [4.78, 5) is 26.7. The van der Waals surface area contributed by atoms with Gasteiger partial charge in [0.05, 0.1) is 13.7 Å². The molecule has 2 aromatic carbocycles. The molecule has 0 heterocycles. The van der Waals surface area contributed by atoms with Crippen molar-refractivity contribution in [3.63, 3.8) is 0 Å². The van der Waals surface area contributed by atoms with E-state index in [9.17, 15) is 9.59 Å². The van der Waals surface area contributed by atoms with Crippen molar-refractivity contribution in [2.75, 3.05) is 13.7 Å². The monoisotopic (exact) mass is 422 g/mol. The molecule has 0 amide bonds. The maximum atomic E-state index is 13.6. The number of ketones is 1. The highest BCUT2D eigenvalue weighted by molar-refractivity contribution is 6.09. The molecule has 31 heavy (non-hydrogen) atoms. The molecule has 0 aliphatic heterocycles. The second-order valence-electron chi connectivity index (χ2n) is 8.43. The molecule has 166 valence electrons. The number of benzene rings is 2. The van der Waals surface area contributed by atoms with Crippen LogP contribution >= 0.6 is 0 Å². The Labute approximate surface area is 186 Å². The summed E-state index contributed by atoms with van der Waals surface area (Å²) in [5.74, 6) is -0.381. The third-order valence-corrected chi connectivity index (χ3v) is 6.39. The molecule has 3 rings (SSSR count). The van der Waals surface area contributed by atoms with E-state index in [2.05, 4.69) is 0 Å². The number of Topliss-reactive ketones (excluding diaryl/α,β-unsaturated/α-hetero) is 1. The quantitative estimate of drug-likeness (QED) is 0.209. The number of hydrogen-bond donors (Lipinski definition) is 0. The number of carbonyl (C=O) groups excluding carboxylic acids is 2. The van der Waals surface area contributed by atoms with Gasteiger partial charge in [-0.2, -0.15) is 0 Å². The van der Waals surface area contributed by atoms with Crippen LogP contribution in [0.5, 0.6) is 5.75 Å². The van der Waals surface area contributed by atoms with Crippen LogP contribution in [0.4, 0.5) is 0 Å². The number of ether oxygens (including phenoxy) is 2. The van der Waals surface area contributed by atoms with Crippen molar-refractivity contribution in [3.8, 4) is 5.75 Å². The lowest BCUT2D eigenvalue weighted by Crippen LogP contribution is -2.33. The van der Waals surface area contributed by atoms with E-state index in [1.807, 2.05) is 42.5 Å². The van der Waals surface area contributed by atoms with E-state index in [1.165, 1.54) is 25.7 Å². The van der Waals surface area contributed by atoms with Gasteiger partial charge in [0.2, 0.25) is 0 Å². The van der Waals surface area contributed by atoms with E-state index in [0.29, 0.717) is 11.5 Å². The Balaban J connectivity index is 1.99. The molecule has 2 unspecified atom stereocenters. The summed E-state index contributed by atoms with van der Waals surface area (Å²) in [6.07, 6.45) is 8.10. The van der Waals surface area contributed by atoms with E-state index < -0.39 is 11.9 Å². The van der Waals surface area contributed by atoms with Gasteiger partial charge in [-0.3, -0.25) is 9.59 Å². The van der Waals surface area contributed by atoms with Gasteiger partial charge in [0, 0.05) is 11.5 Å². The van der Waals surface area contributed by atoms with E-state index in [-0.39, 0.29) is 18.3 Å². The molecule has 0 aromatic heterocycles. The van der Waals surface area contributed by atoms with Crippen LogP contribution in [-0.4, -0.2) is 25.5 Å². The van der Waals surface area contributed by atoms with Crippen LogP contribution in [0.1, 0.15) is 73.7 Å². The zero-order valence-electron chi connectivity index (χ0n) is 18.7. The van der Waals surface area contributed by atoms with Gasteiger partial charge in [-0.1, -0.05) is 81.0 Å². The fourth-order valence-electron chi connectivity index (χ4n) is 4.74. The molecular formula is C27H34O4. The van der Waals surface area contributed by atoms with Gasteiger partial charge in [0.15, 0.2) is 5.78 Å². The van der Waals surface area contributed by atoms with Crippen LogP contribution in [0.3, 0.4) is 0 Å². The highest BCUT2D eigenvalue weighted by atomic mass is 16.5. The number of carbonyl (C=O) groups is 2. The van der Waals surface area contributed by atoms with Crippen molar-refractivity contribution in [2.45, 2.75) is 57.8 Å². The Morgan fingerprint density at radius 1 is 0.935 bits per heavy atom. The first-order valence-electron chi connectivity index (χ1n) is 11.5. The first-order valence-corrected chi connectivity index (χ1v) is 11.5. The maximum Gasteiger partial charge on any atom is 0.317 e. The standard InChI is InChI=1S/C27H34O4/c1-3-31-27(29)25(26(28)22-13-9-6-10-14-22)24(19-20-11-7-4-5-8-12-20)21-15-17-23(30-2)18-16-21/h6,9-10,13-18,20,24-25H,3-5,7-8,11-12,19H2,1-2H3. The largest absolute Gasteiger partial charge is 0.497 e. The van der Waals surface area contributed by atoms with Crippen LogP contribution < -0.4 is 4.74 Å². The van der Waals surface area contributed by atoms with Crippen LogP contribution in [0.25, 0.3) is 0 Å². The minimum absolute atomic E-state index is 0.159. The molecule has 2 aromatic rings. The Morgan fingerprint density at radius 3 is 2.16 bits per heavy atom. The van der Waals surface area contributed by atoms with Crippen LogP contribution in [-0.2, 0) is 9.53 Å². The molecule has 1 fully saturated rings. The molecule has 0 spiro atoms. The second-order valence-corrected chi connectivity index (χ2v) is 8.43. The van der Waals surface area contributed by atoms with Crippen molar-refractivity contribution in [2.24, 2.45) is 11.8 Å². The van der Waals surface area contributed by atoms with Gasteiger partial charge in [-0.15, -0.1) is 0 Å². The Morgan fingerprint density at radius 2 is 1.58 bits per heavy atom. The minimum atomic E-state index is -0.848. The van der Waals surface area contributed by atoms with Gasteiger partial charge in [0.25, 0.3) is 0 Å². The molecular weight excluding hydrogens is 388 g/mol. The summed E-state index contributed by atoms with van der Waals surface area (Å²) in [6, 6.07) is 16.9. The zero-order chi connectivity index (χ0) is 22.1. The van der Waals surface area contributed by atoms with Crippen molar-refractivity contribution < 1.29 is 19.1 Å². The molecule has 0 radical (unpaired) electrons. The number of rotatable bonds is 9. The number of methoxy groups -OCH3 is 1. The van der Waals surface area contributed by atoms with Gasteiger partial charge in [-0.25, -0.2) is 0 Å². The lowest BCUT2D eigenvalue weighted by atomic mass is 9.75. The predicted octanol–water partition coefficient (Wildman–Crippen LogP) is 6.20. The third kappa shape index (κ3) is 6.19. The lowest BCUT2D eigenvalue weighted by molar-refractivity contribution is -0.147. The fourth-order valence-corrected chi connectivity index (χ4v) is 4.74. The van der Waals surface area contributed by atoms with Crippen molar-refractivity contribution >= 4 is 11.8 Å². The number of hydrogen-bond acceptors (Lipinski definition) is 4. The SMILES string of the molecule is CCOC(=O)C(C(=O)c1ccccc1)C(CC1CCCCCC1)c1ccc(OC)cc1. The summed E-state index contributed by atoms with van der Waals surface area (Å²) in [6.45, 7) is 2.05. The molecule has 4 nitrogen and oxygen atoms in total. The van der Waals surface area contributed by atoms with E-state index in [4.69, 9.17) is 9.47 Å². The summed E-state index contributed by atoms with van der Waals surface area (Å²) < 4.78 is 10.7. The van der Waals surface area contributed by atoms with Gasteiger partial charge >= 0.3 is 5.97 Å². The predicted molar refractivity (Wildman–Crippen MR) is 122 cm³/mol.